The molecule has 72 valence electrons. The molecule has 4 N–H and O–H groups in total. The minimum atomic E-state index is 0.126. The van der Waals surface area contributed by atoms with Crippen LogP contribution in [0.3, 0.4) is 0 Å². The Morgan fingerprint density at radius 2 is 2.46 bits per heavy atom. The van der Waals surface area contributed by atoms with E-state index in [0.29, 0.717) is 12.4 Å². The summed E-state index contributed by atoms with van der Waals surface area (Å²) in [5, 5.41) is 11.7. The maximum atomic E-state index is 8.62. The van der Waals surface area contributed by atoms with E-state index >= 15 is 0 Å². The van der Waals surface area contributed by atoms with E-state index in [0.717, 1.165) is 5.56 Å². The molecule has 1 rings (SSSR count). The Labute approximate surface area is 77.8 Å². The monoisotopic (exact) mass is 181 g/mol. The molecule has 1 heterocycles. The zero-order valence-electron chi connectivity index (χ0n) is 7.70. The molecule has 0 aliphatic rings. The summed E-state index contributed by atoms with van der Waals surface area (Å²) in [5.41, 5.74) is 6.65. The normalized spacial score (nSPS) is 12.8. The first-order chi connectivity index (χ1) is 6.25. The van der Waals surface area contributed by atoms with Gasteiger partial charge in [0, 0.05) is 24.3 Å². The number of hydrogen-bond acceptors (Lipinski definition) is 4. The highest BCUT2D eigenvalue weighted by atomic mass is 16.3. The Balaban J connectivity index is 2.65. The Hall–Kier alpha value is -1.13. The van der Waals surface area contributed by atoms with Crippen LogP contribution in [0.5, 0.6) is 0 Å². The van der Waals surface area contributed by atoms with Gasteiger partial charge in [0.1, 0.15) is 5.82 Å². The lowest BCUT2D eigenvalue weighted by molar-refractivity contribution is 0.286. The van der Waals surface area contributed by atoms with Crippen molar-refractivity contribution in [3.8, 4) is 0 Å². The number of nitrogens with one attached hydrogen (secondary N) is 1. The molecule has 0 saturated carbocycles. The lowest BCUT2D eigenvalue weighted by atomic mass is 10.1. The maximum Gasteiger partial charge on any atom is 0.128 e. The molecule has 0 bridgehead atoms. The predicted octanol–water partition coefficient (Wildman–Crippen LogP) is 0.307. The van der Waals surface area contributed by atoms with Crippen LogP contribution in [0.15, 0.2) is 18.3 Å². The van der Waals surface area contributed by atoms with Gasteiger partial charge in [0.25, 0.3) is 0 Å². The van der Waals surface area contributed by atoms with E-state index in [-0.39, 0.29) is 12.6 Å². The van der Waals surface area contributed by atoms with Crippen molar-refractivity contribution >= 4 is 5.82 Å². The molecule has 1 aromatic heterocycles. The largest absolute Gasteiger partial charge is 0.395 e. The van der Waals surface area contributed by atoms with Crippen LogP contribution in [0.25, 0.3) is 0 Å². The molecular formula is C9H15N3O. The molecule has 1 atom stereocenters. The van der Waals surface area contributed by atoms with Crippen molar-refractivity contribution in [3.63, 3.8) is 0 Å². The van der Waals surface area contributed by atoms with Crippen LogP contribution in [0.4, 0.5) is 5.82 Å². The lowest BCUT2D eigenvalue weighted by Crippen LogP contribution is -2.23. The zero-order chi connectivity index (χ0) is 9.68. The minimum absolute atomic E-state index is 0.126. The molecule has 0 aliphatic heterocycles. The van der Waals surface area contributed by atoms with Crippen LogP contribution < -0.4 is 11.1 Å². The second kappa shape index (κ2) is 4.79. The smallest absolute Gasteiger partial charge is 0.128 e. The molecule has 0 unspecified atom stereocenters. The van der Waals surface area contributed by atoms with Gasteiger partial charge in [-0.3, -0.25) is 0 Å². The minimum Gasteiger partial charge on any atom is -0.395 e. The van der Waals surface area contributed by atoms with Crippen molar-refractivity contribution < 1.29 is 5.11 Å². The van der Waals surface area contributed by atoms with Crippen LogP contribution in [-0.2, 0) is 0 Å². The van der Waals surface area contributed by atoms with E-state index in [4.69, 9.17) is 10.8 Å². The van der Waals surface area contributed by atoms with Crippen LogP contribution in [-0.4, -0.2) is 23.2 Å². The molecule has 4 heteroatoms. The fourth-order valence-corrected chi connectivity index (χ4v) is 1.19. The summed E-state index contributed by atoms with van der Waals surface area (Å²) in [4.78, 5) is 3.98. The molecular weight excluding hydrogens is 166 g/mol. The summed E-state index contributed by atoms with van der Waals surface area (Å²) in [5.74, 6) is 0.542. The summed E-state index contributed by atoms with van der Waals surface area (Å²) < 4.78 is 0. The van der Waals surface area contributed by atoms with E-state index in [2.05, 4.69) is 10.3 Å². The topological polar surface area (TPSA) is 71.2 Å². The number of rotatable bonds is 4. The van der Waals surface area contributed by atoms with Crippen molar-refractivity contribution in [2.24, 2.45) is 0 Å². The molecule has 0 spiro atoms. The van der Waals surface area contributed by atoms with Gasteiger partial charge in [0.15, 0.2) is 0 Å². The number of anilines is 1. The zero-order valence-corrected chi connectivity index (χ0v) is 7.70. The van der Waals surface area contributed by atoms with E-state index in [1.165, 1.54) is 0 Å². The third-order valence-electron chi connectivity index (χ3n) is 1.90. The summed E-state index contributed by atoms with van der Waals surface area (Å²) in [6.07, 6.45) is 1.66. The van der Waals surface area contributed by atoms with Crippen molar-refractivity contribution in [3.05, 3.63) is 23.9 Å². The van der Waals surface area contributed by atoms with E-state index in [1.54, 1.807) is 6.20 Å². The van der Waals surface area contributed by atoms with Crippen molar-refractivity contribution in [1.29, 1.82) is 0 Å². The number of hydrogen-bond donors (Lipinski definition) is 3. The third kappa shape index (κ3) is 2.68. The van der Waals surface area contributed by atoms with Gasteiger partial charge in [-0.25, -0.2) is 4.98 Å². The quantitative estimate of drug-likeness (QED) is 0.625. The average molecular weight is 181 g/mol. The van der Waals surface area contributed by atoms with Gasteiger partial charge in [-0.1, -0.05) is 6.07 Å². The van der Waals surface area contributed by atoms with E-state index in [1.807, 2.05) is 19.1 Å². The third-order valence-corrected chi connectivity index (χ3v) is 1.90. The summed E-state index contributed by atoms with van der Waals surface area (Å²) in [6, 6.07) is 3.90. The molecule has 4 nitrogen and oxygen atoms in total. The summed E-state index contributed by atoms with van der Waals surface area (Å²) >= 11 is 0. The lowest BCUT2D eigenvalue weighted by Gasteiger charge is -2.14. The molecule has 0 aliphatic carbocycles. The average Bonchev–Trinajstić information content (AvgIpc) is 2.15. The van der Waals surface area contributed by atoms with Gasteiger partial charge in [-0.05, 0) is 13.0 Å². The van der Waals surface area contributed by atoms with Gasteiger partial charge in [-0.2, -0.15) is 0 Å². The first-order valence-electron chi connectivity index (χ1n) is 4.30. The first kappa shape index (κ1) is 9.95. The summed E-state index contributed by atoms with van der Waals surface area (Å²) in [7, 11) is 0. The maximum absolute atomic E-state index is 8.62. The number of aromatic nitrogens is 1. The summed E-state index contributed by atoms with van der Waals surface area (Å²) in [6.45, 7) is 2.68. The molecule has 0 aromatic carbocycles. The molecule has 13 heavy (non-hydrogen) atoms. The van der Waals surface area contributed by atoms with Gasteiger partial charge in [0.05, 0.1) is 6.61 Å². The molecule has 0 amide bonds. The second-order valence-electron chi connectivity index (χ2n) is 2.88. The van der Waals surface area contributed by atoms with Gasteiger partial charge in [-0.15, -0.1) is 0 Å². The van der Waals surface area contributed by atoms with Crippen LogP contribution in [0, 0.1) is 0 Å². The molecule has 0 radical (unpaired) electrons. The van der Waals surface area contributed by atoms with Crippen molar-refractivity contribution in [2.75, 3.05) is 18.9 Å². The highest BCUT2D eigenvalue weighted by molar-refractivity contribution is 5.40. The predicted molar refractivity (Wildman–Crippen MR) is 52.2 cm³/mol. The van der Waals surface area contributed by atoms with Crippen LogP contribution >= 0.6 is 0 Å². The Morgan fingerprint density at radius 1 is 1.69 bits per heavy atom. The van der Waals surface area contributed by atoms with Gasteiger partial charge in [0.2, 0.25) is 0 Å². The van der Waals surface area contributed by atoms with E-state index in [9.17, 15) is 0 Å². The highest BCUT2D eigenvalue weighted by Crippen LogP contribution is 2.16. The first-order valence-corrected chi connectivity index (χ1v) is 4.30. The number of aliphatic hydroxyl groups excluding tert-OH is 1. The van der Waals surface area contributed by atoms with Crippen molar-refractivity contribution in [2.45, 2.75) is 13.0 Å². The number of nitrogens with zero attached hydrogens (tertiary/aromatic N) is 1. The van der Waals surface area contributed by atoms with Gasteiger partial charge < -0.3 is 16.2 Å². The molecule has 1 aromatic rings. The SMILES string of the molecule is C[C@@H](NCCO)c1cccnc1N. The Morgan fingerprint density at radius 3 is 3.08 bits per heavy atom. The van der Waals surface area contributed by atoms with Crippen LogP contribution in [0.1, 0.15) is 18.5 Å². The van der Waals surface area contributed by atoms with E-state index < -0.39 is 0 Å². The number of nitrogen functional groups attached to an aromatic ring is 1. The molecule has 0 fully saturated rings. The Bertz CT molecular complexity index is 265. The fourth-order valence-electron chi connectivity index (χ4n) is 1.19. The van der Waals surface area contributed by atoms with Crippen molar-refractivity contribution in [1.82, 2.24) is 10.3 Å². The van der Waals surface area contributed by atoms with Gasteiger partial charge >= 0.3 is 0 Å². The molecule has 0 saturated heterocycles. The highest BCUT2D eigenvalue weighted by Gasteiger charge is 2.07. The Kier molecular flexibility index (Phi) is 3.67. The fraction of sp³-hybridized carbons (Fsp3) is 0.444. The number of pyridine rings is 1. The standard InChI is InChI=1S/C9H15N3O/c1-7(11-5-6-13)8-3-2-4-12-9(8)10/h2-4,7,11,13H,5-6H2,1H3,(H2,10,12)/t7-/m1/s1. The second-order valence-corrected chi connectivity index (χ2v) is 2.88. The van der Waals surface area contributed by atoms with Crippen LogP contribution in [0.2, 0.25) is 0 Å². The number of nitrogens with two attached hydrogens (primary N) is 1. The number of aliphatic hydroxyl groups is 1.